The number of sulfonamides is 1. The van der Waals surface area contributed by atoms with E-state index in [1.165, 1.54) is 19.4 Å². The highest BCUT2D eigenvalue weighted by Gasteiger charge is 2.29. The Morgan fingerprint density at radius 1 is 1.17 bits per heavy atom. The molecule has 0 saturated heterocycles. The van der Waals surface area contributed by atoms with Crippen LogP contribution in [0.15, 0.2) is 71.9 Å². The van der Waals surface area contributed by atoms with Gasteiger partial charge in [-0.2, -0.15) is 0 Å². The first-order chi connectivity index (χ1) is 14.3. The van der Waals surface area contributed by atoms with Crippen molar-refractivity contribution in [1.29, 1.82) is 0 Å². The average molecular weight is 429 g/mol. The molecule has 3 aromatic rings. The van der Waals surface area contributed by atoms with Crippen LogP contribution in [0.2, 0.25) is 0 Å². The zero-order valence-corrected chi connectivity index (χ0v) is 17.2. The van der Waals surface area contributed by atoms with Crippen LogP contribution in [0.5, 0.6) is 5.75 Å². The standard InChI is InChI=1S/C21H20FN3O4S/c1-15-5-8-18(29-2)12-20(15)25(14-21(26)24-17-4-3-11-23-13-17)30(27,28)19-9-6-16(22)7-10-19/h3-13H,14H2,1-2H3,(H,24,26). The summed E-state index contributed by atoms with van der Waals surface area (Å²) in [6.07, 6.45) is 3.01. The third-order valence-corrected chi connectivity index (χ3v) is 6.09. The van der Waals surface area contributed by atoms with Gasteiger partial charge in [-0.15, -0.1) is 0 Å². The maximum absolute atomic E-state index is 13.4. The molecule has 0 aliphatic carbocycles. The Balaban J connectivity index is 2.02. The summed E-state index contributed by atoms with van der Waals surface area (Å²) in [5.41, 5.74) is 1.33. The second-order valence-electron chi connectivity index (χ2n) is 6.41. The van der Waals surface area contributed by atoms with E-state index in [-0.39, 0.29) is 10.6 Å². The molecule has 0 fully saturated rings. The molecule has 7 nitrogen and oxygen atoms in total. The monoisotopic (exact) mass is 429 g/mol. The molecule has 30 heavy (non-hydrogen) atoms. The molecule has 0 atom stereocenters. The highest BCUT2D eigenvalue weighted by atomic mass is 32.2. The number of carbonyl (C=O) groups is 1. The summed E-state index contributed by atoms with van der Waals surface area (Å²) in [4.78, 5) is 16.4. The molecule has 0 saturated carbocycles. The fourth-order valence-corrected chi connectivity index (χ4v) is 4.26. The largest absolute Gasteiger partial charge is 0.497 e. The maximum atomic E-state index is 13.4. The van der Waals surface area contributed by atoms with Gasteiger partial charge in [-0.25, -0.2) is 12.8 Å². The van der Waals surface area contributed by atoms with Crippen LogP contribution in [0.1, 0.15) is 5.56 Å². The first-order valence-electron chi connectivity index (χ1n) is 8.94. The topological polar surface area (TPSA) is 88.6 Å². The molecule has 2 aromatic carbocycles. The maximum Gasteiger partial charge on any atom is 0.264 e. The van der Waals surface area contributed by atoms with E-state index in [1.54, 1.807) is 37.4 Å². The zero-order chi connectivity index (χ0) is 21.7. The molecule has 1 heterocycles. The van der Waals surface area contributed by atoms with Crippen LogP contribution in [0.3, 0.4) is 0 Å². The normalized spacial score (nSPS) is 11.0. The number of pyridine rings is 1. The minimum absolute atomic E-state index is 0.139. The lowest BCUT2D eigenvalue weighted by Gasteiger charge is -2.26. The van der Waals surface area contributed by atoms with Gasteiger partial charge >= 0.3 is 0 Å². The van der Waals surface area contributed by atoms with Crippen molar-refractivity contribution in [3.63, 3.8) is 0 Å². The van der Waals surface area contributed by atoms with E-state index >= 15 is 0 Å². The SMILES string of the molecule is COc1ccc(C)c(N(CC(=O)Nc2cccnc2)S(=O)(=O)c2ccc(F)cc2)c1. The number of rotatable bonds is 7. The predicted molar refractivity (Wildman–Crippen MR) is 112 cm³/mol. The quantitative estimate of drug-likeness (QED) is 0.622. The number of amides is 1. The molecule has 1 N–H and O–H groups in total. The van der Waals surface area contributed by atoms with Gasteiger partial charge in [0.25, 0.3) is 10.0 Å². The molecule has 9 heteroatoms. The molecule has 0 bridgehead atoms. The Labute approximate surface area is 174 Å². The zero-order valence-electron chi connectivity index (χ0n) is 16.4. The highest BCUT2D eigenvalue weighted by Crippen LogP contribution is 2.30. The molecule has 0 spiro atoms. The van der Waals surface area contributed by atoms with Gasteiger partial charge < -0.3 is 10.1 Å². The van der Waals surface area contributed by atoms with Crippen LogP contribution in [-0.4, -0.2) is 33.0 Å². The number of benzene rings is 2. The van der Waals surface area contributed by atoms with E-state index in [1.807, 2.05) is 0 Å². The van der Waals surface area contributed by atoms with Crippen LogP contribution >= 0.6 is 0 Å². The van der Waals surface area contributed by atoms with Gasteiger partial charge in [-0.05, 0) is 55.0 Å². The van der Waals surface area contributed by atoms with Crippen LogP contribution in [0.25, 0.3) is 0 Å². The van der Waals surface area contributed by atoms with Crippen molar-refractivity contribution >= 4 is 27.3 Å². The van der Waals surface area contributed by atoms with Crippen molar-refractivity contribution in [3.05, 3.63) is 78.4 Å². The van der Waals surface area contributed by atoms with Gasteiger partial charge in [0.1, 0.15) is 18.1 Å². The van der Waals surface area contributed by atoms with Crippen molar-refractivity contribution in [2.75, 3.05) is 23.3 Å². The molecule has 0 aliphatic rings. The smallest absolute Gasteiger partial charge is 0.264 e. The number of nitrogens with one attached hydrogen (secondary N) is 1. The van der Waals surface area contributed by atoms with Crippen LogP contribution in [0, 0.1) is 12.7 Å². The van der Waals surface area contributed by atoms with E-state index in [2.05, 4.69) is 10.3 Å². The fraction of sp³-hybridized carbons (Fsp3) is 0.143. The number of methoxy groups -OCH3 is 1. The summed E-state index contributed by atoms with van der Waals surface area (Å²) in [5, 5.41) is 2.62. The Hall–Kier alpha value is -3.46. The summed E-state index contributed by atoms with van der Waals surface area (Å²) in [7, 11) is -2.71. The molecule has 3 rings (SSSR count). The van der Waals surface area contributed by atoms with Gasteiger partial charge in [0.15, 0.2) is 0 Å². The van der Waals surface area contributed by atoms with Crippen molar-refractivity contribution in [2.24, 2.45) is 0 Å². The summed E-state index contributed by atoms with van der Waals surface area (Å²) in [5.74, 6) is -0.689. The summed E-state index contributed by atoms with van der Waals surface area (Å²) < 4.78 is 46.2. The number of aromatic nitrogens is 1. The number of nitrogens with zero attached hydrogens (tertiary/aromatic N) is 2. The third-order valence-electron chi connectivity index (χ3n) is 4.32. The summed E-state index contributed by atoms with van der Waals surface area (Å²) in [6.45, 7) is 1.23. The third kappa shape index (κ3) is 4.74. The minimum Gasteiger partial charge on any atom is -0.497 e. The van der Waals surface area contributed by atoms with Crippen molar-refractivity contribution < 1.29 is 22.3 Å². The molecule has 0 aliphatic heterocycles. The molecular weight excluding hydrogens is 409 g/mol. The summed E-state index contributed by atoms with van der Waals surface area (Å²) >= 11 is 0. The second-order valence-corrected chi connectivity index (χ2v) is 8.27. The molecule has 1 amide bonds. The van der Waals surface area contributed by atoms with Crippen molar-refractivity contribution in [2.45, 2.75) is 11.8 Å². The fourth-order valence-electron chi connectivity index (χ4n) is 2.79. The Morgan fingerprint density at radius 3 is 2.53 bits per heavy atom. The molecule has 156 valence electrons. The van der Waals surface area contributed by atoms with E-state index in [9.17, 15) is 17.6 Å². The number of aryl methyl sites for hydroxylation is 1. The lowest BCUT2D eigenvalue weighted by atomic mass is 10.2. The molecular formula is C21H20FN3O4S. The predicted octanol–water partition coefficient (Wildman–Crippen LogP) is 3.37. The first kappa shape index (κ1) is 21.3. The number of hydrogen-bond acceptors (Lipinski definition) is 5. The Bertz CT molecular complexity index is 1140. The number of carbonyl (C=O) groups excluding carboxylic acids is 1. The van der Waals surface area contributed by atoms with Gasteiger partial charge in [-0.1, -0.05) is 6.07 Å². The average Bonchev–Trinajstić information content (AvgIpc) is 2.73. The molecule has 0 radical (unpaired) electrons. The van der Waals surface area contributed by atoms with Crippen LogP contribution in [0.4, 0.5) is 15.8 Å². The Kier molecular flexibility index (Phi) is 6.31. The lowest BCUT2D eigenvalue weighted by Crippen LogP contribution is -2.38. The highest BCUT2D eigenvalue weighted by molar-refractivity contribution is 7.92. The van der Waals surface area contributed by atoms with E-state index < -0.39 is 28.3 Å². The van der Waals surface area contributed by atoms with E-state index in [4.69, 9.17) is 4.74 Å². The van der Waals surface area contributed by atoms with E-state index in [0.29, 0.717) is 17.0 Å². The summed E-state index contributed by atoms with van der Waals surface area (Å²) in [6, 6.07) is 12.6. The molecule has 0 unspecified atom stereocenters. The van der Waals surface area contributed by atoms with Crippen LogP contribution < -0.4 is 14.4 Å². The minimum atomic E-state index is -4.17. The number of anilines is 2. The van der Waals surface area contributed by atoms with E-state index in [0.717, 1.165) is 28.6 Å². The number of ether oxygens (including phenoxy) is 1. The van der Waals surface area contributed by atoms with Gasteiger partial charge in [0.2, 0.25) is 5.91 Å². The van der Waals surface area contributed by atoms with Gasteiger partial charge in [0.05, 0.1) is 29.6 Å². The lowest BCUT2D eigenvalue weighted by molar-refractivity contribution is -0.114. The van der Waals surface area contributed by atoms with Gasteiger partial charge in [-0.3, -0.25) is 14.1 Å². The van der Waals surface area contributed by atoms with Crippen LogP contribution in [-0.2, 0) is 14.8 Å². The van der Waals surface area contributed by atoms with Crippen molar-refractivity contribution in [1.82, 2.24) is 4.98 Å². The second kappa shape index (κ2) is 8.91. The number of halogens is 1. The number of hydrogen-bond donors (Lipinski definition) is 1. The van der Waals surface area contributed by atoms with Crippen molar-refractivity contribution in [3.8, 4) is 5.75 Å². The van der Waals surface area contributed by atoms with Gasteiger partial charge in [0, 0.05) is 12.3 Å². The first-order valence-corrected chi connectivity index (χ1v) is 10.4. The Morgan fingerprint density at radius 2 is 1.90 bits per heavy atom. The molecule has 1 aromatic heterocycles.